The highest BCUT2D eigenvalue weighted by molar-refractivity contribution is 7.12. The third kappa shape index (κ3) is 4.78. The monoisotopic (exact) mass is 513 g/mol. The third-order valence-corrected chi connectivity index (χ3v) is 6.12. The van der Waals surface area contributed by atoms with Gasteiger partial charge >= 0.3 is 5.56 Å². The van der Waals surface area contributed by atoms with E-state index in [4.69, 9.17) is 0 Å². The van der Waals surface area contributed by atoms with Crippen LogP contribution in [-0.2, 0) is 0 Å². The van der Waals surface area contributed by atoms with Crippen molar-refractivity contribution in [3.63, 3.8) is 0 Å². The van der Waals surface area contributed by atoms with E-state index < -0.39 is 15.4 Å². The second kappa shape index (κ2) is 9.75. The Labute approximate surface area is 211 Å². The van der Waals surface area contributed by atoms with E-state index >= 15 is 0 Å². The van der Waals surface area contributed by atoms with Crippen LogP contribution in [0, 0.1) is 20.2 Å². The number of hydrogen-bond acceptors (Lipinski definition) is 9. The van der Waals surface area contributed by atoms with Gasteiger partial charge in [-0.1, -0.05) is 36.4 Å². The number of hydrogen-bond donors (Lipinski definition) is 1. The van der Waals surface area contributed by atoms with Gasteiger partial charge in [-0.05, 0) is 18.2 Å². The second-order valence-corrected chi connectivity index (χ2v) is 8.47. The minimum absolute atomic E-state index is 0.0863. The Morgan fingerprint density at radius 3 is 2.27 bits per heavy atom. The van der Waals surface area contributed by atoms with E-state index in [0.717, 1.165) is 5.56 Å². The topological polar surface area (TPSA) is 162 Å². The number of nitrogens with one attached hydrogen (secondary N) is 1. The molecule has 0 aliphatic heterocycles. The number of aromatic nitrogens is 3. The smallest absolute Gasteiger partial charge is 0.286 e. The molecule has 12 nitrogen and oxygen atoms in total. The van der Waals surface area contributed by atoms with E-state index in [1.165, 1.54) is 64.5 Å². The second-order valence-electron chi connectivity index (χ2n) is 7.64. The quantitative estimate of drug-likeness (QED) is 0.155. The highest BCUT2D eigenvalue weighted by Crippen LogP contribution is 2.31. The molecule has 5 rings (SSSR count). The maximum atomic E-state index is 13.4. The van der Waals surface area contributed by atoms with Gasteiger partial charge in [-0.25, -0.2) is 4.98 Å². The Morgan fingerprint density at radius 1 is 0.838 bits per heavy atom. The van der Waals surface area contributed by atoms with E-state index in [2.05, 4.69) is 20.3 Å². The van der Waals surface area contributed by atoms with Crippen molar-refractivity contribution in [3.05, 3.63) is 115 Å². The van der Waals surface area contributed by atoms with Gasteiger partial charge in [0, 0.05) is 40.8 Å². The molecule has 0 fully saturated rings. The van der Waals surface area contributed by atoms with Crippen molar-refractivity contribution in [3.8, 4) is 27.6 Å². The average Bonchev–Trinajstić information content (AvgIpc) is 3.53. The van der Waals surface area contributed by atoms with Crippen molar-refractivity contribution >= 4 is 34.1 Å². The summed E-state index contributed by atoms with van der Waals surface area (Å²) in [6.45, 7) is 0. The molecule has 0 unspecified atom stereocenters. The normalized spacial score (nSPS) is 11.1. The Morgan fingerprint density at radius 2 is 1.57 bits per heavy atom. The van der Waals surface area contributed by atoms with Crippen molar-refractivity contribution in [2.75, 3.05) is 0 Å². The predicted molar refractivity (Wildman–Crippen MR) is 137 cm³/mol. The first kappa shape index (κ1) is 23.4. The van der Waals surface area contributed by atoms with Crippen LogP contribution in [-0.4, -0.2) is 24.6 Å². The summed E-state index contributed by atoms with van der Waals surface area (Å²) in [6.07, 6.45) is 0. The number of aromatic amines is 1. The van der Waals surface area contributed by atoms with Crippen LogP contribution in [0.1, 0.15) is 0 Å². The van der Waals surface area contributed by atoms with Gasteiger partial charge in [0.1, 0.15) is 0 Å². The minimum Gasteiger partial charge on any atom is -0.286 e. The lowest BCUT2D eigenvalue weighted by atomic mass is 10.1. The van der Waals surface area contributed by atoms with E-state index in [-0.39, 0.29) is 28.4 Å². The first-order valence-corrected chi connectivity index (χ1v) is 11.6. The molecule has 0 saturated carbocycles. The lowest BCUT2D eigenvalue weighted by Crippen LogP contribution is -2.13. The highest BCUT2D eigenvalue weighted by atomic mass is 32.1. The largest absolute Gasteiger partial charge is 0.301 e. The van der Waals surface area contributed by atoms with Crippen molar-refractivity contribution in [1.29, 1.82) is 0 Å². The molecular formula is C24H15N7O5S. The molecule has 37 heavy (non-hydrogen) atoms. The fraction of sp³-hybridized carbons (Fsp3) is 0. The predicted octanol–water partition coefficient (Wildman–Crippen LogP) is 6.19. The molecule has 0 spiro atoms. The summed E-state index contributed by atoms with van der Waals surface area (Å²) in [4.78, 5) is 39.0. The molecule has 0 atom stereocenters. The van der Waals surface area contributed by atoms with Gasteiger partial charge in [-0.3, -0.25) is 30.1 Å². The summed E-state index contributed by atoms with van der Waals surface area (Å²) in [5, 5.41) is 35.4. The van der Waals surface area contributed by atoms with Crippen molar-refractivity contribution in [2.45, 2.75) is 0 Å². The van der Waals surface area contributed by atoms with Crippen LogP contribution in [0.2, 0.25) is 0 Å². The van der Waals surface area contributed by atoms with Crippen LogP contribution >= 0.6 is 11.3 Å². The molecule has 0 bridgehead atoms. The highest BCUT2D eigenvalue weighted by Gasteiger charge is 2.20. The van der Waals surface area contributed by atoms with Crippen LogP contribution < -0.4 is 5.56 Å². The van der Waals surface area contributed by atoms with Gasteiger partial charge in [0.25, 0.3) is 11.4 Å². The zero-order chi connectivity index (χ0) is 25.9. The van der Waals surface area contributed by atoms with Crippen molar-refractivity contribution in [2.24, 2.45) is 10.2 Å². The maximum Gasteiger partial charge on any atom is 0.301 e. The summed E-state index contributed by atoms with van der Waals surface area (Å²) in [7, 11) is 0. The lowest BCUT2D eigenvalue weighted by Gasteiger charge is -2.00. The summed E-state index contributed by atoms with van der Waals surface area (Å²) >= 11 is 1.24. The van der Waals surface area contributed by atoms with E-state index in [1.807, 2.05) is 35.7 Å². The van der Waals surface area contributed by atoms with Crippen LogP contribution in [0.4, 0.5) is 22.7 Å². The molecule has 3 aromatic carbocycles. The minimum atomic E-state index is -0.559. The van der Waals surface area contributed by atoms with E-state index in [9.17, 15) is 25.0 Å². The Bertz CT molecular complexity index is 1710. The number of rotatable bonds is 7. The molecule has 0 aliphatic carbocycles. The van der Waals surface area contributed by atoms with Gasteiger partial charge in [0.15, 0.2) is 5.69 Å². The molecule has 0 saturated heterocycles. The standard InChI is InChI=1S/C24H15N7O5S/c32-23-22(27-26-17-7-4-8-19(13-17)31(35)36)21(16-9-11-18(12-10-16)30(33)34)28-29(23)24-25-20(14-37-24)15-5-2-1-3-6-15/h1-14,28H. The van der Waals surface area contributed by atoms with Gasteiger partial charge in [-0.2, -0.15) is 9.80 Å². The number of nitro benzene ring substituents is 2. The summed E-state index contributed by atoms with van der Waals surface area (Å²) in [5.74, 6) is 0. The number of non-ortho nitro benzene ring substituents is 2. The van der Waals surface area contributed by atoms with Gasteiger partial charge < -0.3 is 0 Å². The van der Waals surface area contributed by atoms with Crippen LogP contribution in [0.15, 0.2) is 99.3 Å². The number of azo groups is 1. The number of H-pyrrole nitrogens is 1. The number of thiazole rings is 1. The molecule has 13 heteroatoms. The maximum absolute atomic E-state index is 13.4. The van der Waals surface area contributed by atoms with Crippen LogP contribution in [0.3, 0.4) is 0 Å². The van der Waals surface area contributed by atoms with Crippen LogP contribution in [0.5, 0.6) is 0 Å². The Hall–Kier alpha value is -5.30. The van der Waals surface area contributed by atoms with Gasteiger partial charge in [-0.15, -0.1) is 16.5 Å². The van der Waals surface area contributed by atoms with E-state index in [0.29, 0.717) is 16.4 Å². The SMILES string of the molecule is O=c1c(N=Nc2cccc([N+](=O)[O-])c2)c(-c2ccc([N+](=O)[O-])cc2)[nH]n1-c1nc(-c2ccccc2)cs1. The molecule has 5 aromatic rings. The van der Waals surface area contributed by atoms with E-state index in [1.54, 1.807) is 0 Å². The van der Waals surface area contributed by atoms with Crippen molar-refractivity contribution < 1.29 is 9.85 Å². The molecule has 1 N–H and O–H groups in total. The van der Waals surface area contributed by atoms with Crippen molar-refractivity contribution in [1.82, 2.24) is 14.8 Å². The molecule has 182 valence electrons. The molecule has 0 aliphatic rings. The fourth-order valence-corrected chi connectivity index (χ4v) is 4.28. The average molecular weight is 513 g/mol. The molecule has 0 amide bonds. The van der Waals surface area contributed by atoms with Gasteiger partial charge in [0.05, 0.1) is 26.9 Å². The molecule has 0 radical (unpaired) electrons. The first-order chi connectivity index (χ1) is 17.9. The third-order valence-electron chi connectivity index (χ3n) is 5.29. The van der Waals surface area contributed by atoms with Gasteiger partial charge in [0.2, 0.25) is 5.13 Å². The Kier molecular flexibility index (Phi) is 6.18. The van der Waals surface area contributed by atoms with Crippen LogP contribution in [0.25, 0.3) is 27.6 Å². The fourth-order valence-electron chi connectivity index (χ4n) is 3.49. The Balaban J connectivity index is 1.61. The molecule has 2 heterocycles. The lowest BCUT2D eigenvalue weighted by molar-refractivity contribution is -0.385. The zero-order valence-electron chi connectivity index (χ0n) is 18.7. The first-order valence-electron chi connectivity index (χ1n) is 10.7. The summed E-state index contributed by atoms with van der Waals surface area (Å²) in [5.41, 5.74) is 1.52. The number of nitro groups is 2. The summed E-state index contributed by atoms with van der Waals surface area (Å²) < 4.78 is 1.22. The number of benzene rings is 3. The summed E-state index contributed by atoms with van der Waals surface area (Å²) in [6, 6.07) is 20.6. The number of nitrogens with zero attached hydrogens (tertiary/aromatic N) is 6. The molecular weight excluding hydrogens is 498 g/mol. The molecule has 2 aromatic heterocycles. The zero-order valence-corrected chi connectivity index (χ0v) is 19.5.